The molecule has 0 aliphatic carbocycles. The summed E-state index contributed by atoms with van der Waals surface area (Å²) in [5.74, 6) is 0. The van der Waals surface area contributed by atoms with E-state index in [4.69, 9.17) is 23.8 Å². The summed E-state index contributed by atoms with van der Waals surface area (Å²) in [6.07, 6.45) is 0. The highest BCUT2D eigenvalue weighted by Gasteiger charge is 1.97. The van der Waals surface area contributed by atoms with Crippen LogP contribution in [-0.4, -0.2) is 0 Å². The van der Waals surface area contributed by atoms with Gasteiger partial charge in [0.15, 0.2) is 0 Å². The summed E-state index contributed by atoms with van der Waals surface area (Å²) < 4.78 is 0.814. The number of aryl methyl sites for hydroxylation is 1. The van der Waals surface area contributed by atoms with E-state index in [2.05, 4.69) is 0 Å². The van der Waals surface area contributed by atoms with Crippen LogP contribution in [0.25, 0.3) is 0 Å². The van der Waals surface area contributed by atoms with E-state index in [1.807, 2.05) is 6.92 Å². The minimum Gasteiger partial charge on any atom is -0.0824 e. The van der Waals surface area contributed by atoms with E-state index in [0.717, 1.165) is 13.7 Å². The van der Waals surface area contributed by atoms with Gasteiger partial charge in [-0.2, -0.15) is 0 Å². The second-order valence-electron chi connectivity index (χ2n) is 1.32. The topological polar surface area (TPSA) is 0 Å². The average Bonchev–Trinajstić information content (AvgIpc) is 1.98. The van der Waals surface area contributed by atoms with Crippen LogP contribution in [0.4, 0.5) is 0 Å². The molecule has 1 aromatic rings. The van der Waals surface area contributed by atoms with Gasteiger partial charge in [-0.15, -0.1) is 0 Å². The standard InChI is InChI=1S/C4H3ClS3/c1-2-3(5)4(6)8-7-2/h1H3. The molecule has 0 aromatic carbocycles. The molecular weight excluding hydrogens is 180 g/mol. The number of hydrogen-bond donors (Lipinski definition) is 0. The zero-order valence-corrected chi connectivity index (χ0v) is 7.31. The predicted molar refractivity (Wildman–Crippen MR) is 42.8 cm³/mol. The highest BCUT2D eigenvalue weighted by molar-refractivity contribution is 7.79. The zero-order chi connectivity index (χ0) is 6.15. The van der Waals surface area contributed by atoms with Crippen molar-refractivity contribution in [2.24, 2.45) is 0 Å². The van der Waals surface area contributed by atoms with Crippen LogP contribution in [-0.2, 0) is 0 Å². The number of rotatable bonds is 0. The summed E-state index contributed by atoms with van der Waals surface area (Å²) in [5, 5.41) is 0.759. The minimum absolute atomic E-state index is 0.759. The molecule has 0 atom stereocenters. The molecule has 1 aromatic heterocycles. The molecule has 0 N–H and O–H groups in total. The Morgan fingerprint density at radius 2 is 2.12 bits per heavy atom. The Balaban J connectivity index is 3.41. The van der Waals surface area contributed by atoms with E-state index in [1.165, 1.54) is 0 Å². The van der Waals surface area contributed by atoms with Gasteiger partial charge in [0.05, 0.1) is 5.02 Å². The molecule has 1 heterocycles. The lowest BCUT2D eigenvalue weighted by molar-refractivity contribution is 1.64. The van der Waals surface area contributed by atoms with Gasteiger partial charge in [0, 0.05) is 4.88 Å². The fraction of sp³-hybridized carbons (Fsp3) is 0.250. The summed E-state index contributed by atoms with van der Waals surface area (Å²) in [5.41, 5.74) is 0. The number of halogens is 1. The van der Waals surface area contributed by atoms with Crippen molar-refractivity contribution in [3.05, 3.63) is 13.7 Å². The molecule has 0 saturated carbocycles. The van der Waals surface area contributed by atoms with Crippen LogP contribution in [0.3, 0.4) is 0 Å². The molecule has 0 spiro atoms. The van der Waals surface area contributed by atoms with Crippen LogP contribution in [0, 0.1) is 10.7 Å². The lowest BCUT2D eigenvalue weighted by Gasteiger charge is -1.76. The first-order valence-corrected chi connectivity index (χ1v) is 4.90. The third-order valence-electron chi connectivity index (χ3n) is 0.731. The highest BCUT2D eigenvalue weighted by atomic mass is 35.5. The molecule has 0 amide bonds. The van der Waals surface area contributed by atoms with Gasteiger partial charge in [0.25, 0.3) is 0 Å². The quantitative estimate of drug-likeness (QED) is 0.437. The van der Waals surface area contributed by atoms with Crippen LogP contribution in [0.15, 0.2) is 0 Å². The molecule has 0 bridgehead atoms. The second-order valence-corrected chi connectivity index (χ2v) is 4.72. The molecule has 8 heavy (non-hydrogen) atoms. The van der Waals surface area contributed by atoms with Gasteiger partial charge in [-0.3, -0.25) is 0 Å². The normalized spacial score (nSPS) is 9.75. The molecule has 0 unspecified atom stereocenters. The van der Waals surface area contributed by atoms with Crippen LogP contribution < -0.4 is 0 Å². The Labute approximate surface area is 65.1 Å². The van der Waals surface area contributed by atoms with Crippen molar-refractivity contribution in [2.45, 2.75) is 6.92 Å². The monoisotopic (exact) mass is 182 g/mol. The third kappa shape index (κ3) is 1.10. The summed E-state index contributed by atoms with van der Waals surface area (Å²) >= 11 is 10.6. The minimum atomic E-state index is 0.759. The summed E-state index contributed by atoms with van der Waals surface area (Å²) in [7, 11) is 3.19. The van der Waals surface area contributed by atoms with Gasteiger partial charge < -0.3 is 0 Å². The zero-order valence-electron chi connectivity index (χ0n) is 4.10. The van der Waals surface area contributed by atoms with Crippen molar-refractivity contribution in [2.75, 3.05) is 0 Å². The van der Waals surface area contributed by atoms with Gasteiger partial charge in [-0.25, -0.2) is 0 Å². The second kappa shape index (κ2) is 2.43. The van der Waals surface area contributed by atoms with E-state index in [0.29, 0.717) is 0 Å². The lowest BCUT2D eigenvalue weighted by atomic mass is 10.6. The first-order chi connectivity index (χ1) is 3.72. The molecule has 0 saturated heterocycles. The van der Waals surface area contributed by atoms with Gasteiger partial charge in [0.1, 0.15) is 3.82 Å². The van der Waals surface area contributed by atoms with E-state index in [9.17, 15) is 0 Å². The molecule has 0 radical (unpaired) electrons. The fourth-order valence-corrected chi connectivity index (χ4v) is 3.12. The van der Waals surface area contributed by atoms with Gasteiger partial charge >= 0.3 is 0 Å². The Kier molecular flexibility index (Phi) is 2.03. The van der Waals surface area contributed by atoms with Crippen molar-refractivity contribution in [3.63, 3.8) is 0 Å². The first-order valence-electron chi connectivity index (χ1n) is 1.97. The molecule has 0 fully saturated rings. The van der Waals surface area contributed by atoms with E-state index >= 15 is 0 Å². The summed E-state index contributed by atoms with van der Waals surface area (Å²) in [6, 6.07) is 0. The van der Waals surface area contributed by atoms with Crippen molar-refractivity contribution in [1.29, 1.82) is 0 Å². The van der Waals surface area contributed by atoms with Crippen LogP contribution in [0.1, 0.15) is 4.88 Å². The third-order valence-corrected chi connectivity index (χ3v) is 4.70. The Hall–Kier alpha value is 0.560. The molecule has 0 aliphatic rings. The van der Waals surface area contributed by atoms with Gasteiger partial charge in [-0.05, 0) is 6.92 Å². The molecule has 0 aliphatic heterocycles. The maximum atomic E-state index is 5.71. The van der Waals surface area contributed by atoms with Gasteiger partial charge in [-0.1, -0.05) is 44.5 Å². The summed E-state index contributed by atoms with van der Waals surface area (Å²) in [4.78, 5) is 1.13. The Morgan fingerprint density at radius 1 is 1.50 bits per heavy atom. The van der Waals surface area contributed by atoms with E-state index < -0.39 is 0 Å². The molecule has 0 nitrogen and oxygen atoms in total. The van der Waals surface area contributed by atoms with Crippen molar-refractivity contribution in [1.82, 2.24) is 0 Å². The maximum Gasteiger partial charge on any atom is 0.120 e. The van der Waals surface area contributed by atoms with E-state index in [-0.39, 0.29) is 0 Å². The van der Waals surface area contributed by atoms with Crippen LogP contribution in [0.2, 0.25) is 5.02 Å². The molecule has 4 heteroatoms. The van der Waals surface area contributed by atoms with Crippen LogP contribution in [0.5, 0.6) is 0 Å². The predicted octanol–water partition coefficient (Wildman–Crippen LogP) is 3.50. The Bertz CT molecular complexity index is 234. The lowest BCUT2D eigenvalue weighted by Crippen LogP contribution is -1.55. The first kappa shape index (κ1) is 6.68. The van der Waals surface area contributed by atoms with Crippen LogP contribution >= 0.6 is 44.5 Å². The molecule has 1 rings (SSSR count). The Morgan fingerprint density at radius 3 is 2.25 bits per heavy atom. The smallest absolute Gasteiger partial charge is 0.0824 e. The van der Waals surface area contributed by atoms with Crippen molar-refractivity contribution < 1.29 is 0 Å². The van der Waals surface area contributed by atoms with E-state index in [1.54, 1.807) is 20.7 Å². The average molecular weight is 183 g/mol. The fourth-order valence-electron chi connectivity index (χ4n) is 0.317. The SMILES string of the molecule is Cc1ssc(=S)c1Cl. The van der Waals surface area contributed by atoms with Crippen molar-refractivity contribution >= 4 is 44.5 Å². The largest absolute Gasteiger partial charge is 0.120 e. The summed E-state index contributed by atoms with van der Waals surface area (Å²) in [6.45, 7) is 1.97. The van der Waals surface area contributed by atoms with Crippen molar-refractivity contribution in [3.8, 4) is 0 Å². The maximum absolute atomic E-state index is 5.71. The highest BCUT2D eigenvalue weighted by Crippen LogP contribution is 2.27. The van der Waals surface area contributed by atoms with Gasteiger partial charge in [0.2, 0.25) is 0 Å². The number of hydrogen-bond acceptors (Lipinski definition) is 3. The molecular formula is C4H3ClS3. The molecule has 44 valence electrons.